The molecule has 1 N–H and O–H groups in total. The Balaban J connectivity index is 1.87. The van der Waals surface area contributed by atoms with Gasteiger partial charge >= 0.3 is 6.03 Å². The number of rotatable bonds is 5. The number of aryl methyl sites for hydroxylation is 1. The molecule has 32 heavy (non-hydrogen) atoms. The van der Waals surface area contributed by atoms with Gasteiger partial charge in [0, 0.05) is 10.6 Å². The van der Waals surface area contributed by atoms with E-state index in [1.54, 1.807) is 19.1 Å². The second-order valence-electron chi connectivity index (χ2n) is 7.44. The molecule has 0 radical (unpaired) electrons. The van der Waals surface area contributed by atoms with Crippen molar-refractivity contribution in [3.8, 4) is 5.75 Å². The maximum absolute atomic E-state index is 13.4. The van der Waals surface area contributed by atoms with E-state index >= 15 is 0 Å². The number of urea groups is 1. The third-order valence-electron chi connectivity index (χ3n) is 5.19. The highest BCUT2D eigenvalue weighted by Crippen LogP contribution is 2.33. The molecule has 3 aromatic rings. The molecule has 4 amide bonds. The van der Waals surface area contributed by atoms with Crippen LogP contribution >= 0.6 is 11.6 Å². The Morgan fingerprint density at radius 1 is 1.06 bits per heavy atom. The third kappa shape index (κ3) is 3.97. The molecular formula is C25H21ClN2O4. The van der Waals surface area contributed by atoms with Gasteiger partial charge in [-0.05, 0) is 54.0 Å². The molecule has 0 atom stereocenters. The molecule has 1 saturated heterocycles. The van der Waals surface area contributed by atoms with E-state index < -0.39 is 17.8 Å². The fourth-order valence-corrected chi connectivity index (χ4v) is 3.77. The van der Waals surface area contributed by atoms with Gasteiger partial charge in [-0.15, -0.1) is 0 Å². The number of carbonyl (C=O) groups is 3. The van der Waals surface area contributed by atoms with Gasteiger partial charge in [0.2, 0.25) is 0 Å². The summed E-state index contributed by atoms with van der Waals surface area (Å²) in [7, 11) is 0. The second kappa shape index (κ2) is 8.85. The van der Waals surface area contributed by atoms with Crippen LogP contribution in [0.15, 0.2) is 60.2 Å². The first kappa shape index (κ1) is 21.6. The Bertz CT molecular complexity index is 1280. The SMILES string of the molecule is CCCOc1ccc2ccccc2c1/C=C1\C(=O)NC(=O)N(c2cc(Cl)ccc2C)C1=O. The average Bonchev–Trinajstić information content (AvgIpc) is 2.77. The van der Waals surface area contributed by atoms with Crippen LogP contribution in [0.3, 0.4) is 0 Å². The second-order valence-corrected chi connectivity index (χ2v) is 7.87. The molecule has 1 aliphatic heterocycles. The lowest BCUT2D eigenvalue weighted by molar-refractivity contribution is -0.122. The summed E-state index contributed by atoms with van der Waals surface area (Å²) in [5, 5.41) is 4.40. The molecular weight excluding hydrogens is 428 g/mol. The van der Waals surface area contributed by atoms with E-state index in [1.165, 1.54) is 12.1 Å². The fourth-order valence-electron chi connectivity index (χ4n) is 3.61. The molecule has 162 valence electrons. The number of fused-ring (bicyclic) bond motifs is 1. The molecule has 6 nitrogen and oxygen atoms in total. The number of anilines is 1. The van der Waals surface area contributed by atoms with E-state index in [4.69, 9.17) is 16.3 Å². The zero-order chi connectivity index (χ0) is 22.8. The smallest absolute Gasteiger partial charge is 0.335 e. The summed E-state index contributed by atoms with van der Waals surface area (Å²) >= 11 is 6.09. The zero-order valence-electron chi connectivity index (χ0n) is 17.6. The van der Waals surface area contributed by atoms with Gasteiger partial charge in [-0.25, -0.2) is 9.69 Å². The summed E-state index contributed by atoms with van der Waals surface area (Å²) in [6.07, 6.45) is 2.29. The number of nitrogens with zero attached hydrogens (tertiary/aromatic N) is 1. The summed E-state index contributed by atoms with van der Waals surface area (Å²) in [6.45, 7) is 4.24. The minimum Gasteiger partial charge on any atom is -0.493 e. The van der Waals surface area contributed by atoms with Gasteiger partial charge in [-0.3, -0.25) is 14.9 Å². The van der Waals surface area contributed by atoms with Crippen molar-refractivity contribution in [2.75, 3.05) is 11.5 Å². The van der Waals surface area contributed by atoms with Crippen LogP contribution in [-0.4, -0.2) is 24.5 Å². The minimum atomic E-state index is -0.817. The summed E-state index contributed by atoms with van der Waals surface area (Å²) in [4.78, 5) is 39.6. The molecule has 0 aliphatic carbocycles. The predicted molar refractivity (Wildman–Crippen MR) is 125 cm³/mol. The first-order valence-electron chi connectivity index (χ1n) is 10.2. The van der Waals surface area contributed by atoms with Crippen LogP contribution in [0.2, 0.25) is 5.02 Å². The first-order valence-corrected chi connectivity index (χ1v) is 10.6. The fraction of sp³-hybridized carbons (Fsp3) is 0.160. The lowest BCUT2D eigenvalue weighted by atomic mass is 9.99. The molecule has 4 rings (SSSR count). The van der Waals surface area contributed by atoms with E-state index in [-0.39, 0.29) is 5.57 Å². The molecule has 1 aliphatic rings. The van der Waals surface area contributed by atoms with Gasteiger partial charge in [-0.2, -0.15) is 0 Å². The highest BCUT2D eigenvalue weighted by molar-refractivity contribution is 6.40. The van der Waals surface area contributed by atoms with Gasteiger partial charge in [-0.1, -0.05) is 54.9 Å². The lowest BCUT2D eigenvalue weighted by Crippen LogP contribution is -2.54. The first-order chi connectivity index (χ1) is 15.4. The van der Waals surface area contributed by atoms with E-state index in [1.807, 2.05) is 43.3 Å². The number of amides is 4. The van der Waals surface area contributed by atoms with Crippen molar-refractivity contribution in [1.82, 2.24) is 5.32 Å². The Labute approximate surface area is 190 Å². The van der Waals surface area contributed by atoms with Crippen LogP contribution < -0.4 is 15.0 Å². The van der Waals surface area contributed by atoms with Crippen molar-refractivity contribution in [3.05, 3.63) is 76.3 Å². The number of benzene rings is 3. The van der Waals surface area contributed by atoms with Gasteiger partial charge in [0.05, 0.1) is 12.3 Å². The number of hydrogen-bond acceptors (Lipinski definition) is 4. The molecule has 0 unspecified atom stereocenters. The minimum absolute atomic E-state index is 0.165. The van der Waals surface area contributed by atoms with Gasteiger partial charge in [0.15, 0.2) is 0 Å². The molecule has 0 bridgehead atoms. The third-order valence-corrected chi connectivity index (χ3v) is 5.43. The maximum Gasteiger partial charge on any atom is 0.335 e. The summed E-state index contributed by atoms with van der Waals surface area (Å²) < 4.78 is 5.89. The molecule has 7 heteroatoms. The number of nitrogens with one attached hydrogen (secondary N) is 1. The molecule has 1 heterocycles. The maximum atomic E-state index is 13.4. The summed E-state index contributed by atoms with van der Waals surface area (Å²) in [5.74, 6) is -0.926. The van der Waals surface area contributed by atoms with E-state index in [9.17, 15) is 14.4 Å². The number of carbonyl (C=O) groups excluding carboxylic acids is 3. The quantitative estimate of drug-likeness (QED) is 0.427. The molecule has 0 saturated carbocycles. The van der Waals surface area contributed by atoms with E-state index in [2.05, 4.69) is 5.32 Å². The van der Waals surface area contributed by atoms with Crippen molar-refractivity contribution < 1.29 is 19.1 Å². The Hall–Kier alpha value is -3.64. The normalized spacial score (nSPS) is 15.4. The van der Waals surface area contributed by atoms with Crippen LogP contribution in [0.1, 0.15) is 24.5 Å². The van der Waals surface area contributed by atoms with Gasteiger partial charge in [0.1, 0.15) is 11.3 Å². The standard InChI is InChI=1S/C25H21ClN2O4/c1-3-12-32-22-11-9-16-6-4-5-7-18(16)19(22)14-20-23(29)27-25(31)28(24(20)30)21-13-17(26)10-8-15(21)2/h4-11,13-14H,3,12H2,1-2H3,(H,27,29,31)/b20-14+. The van der Waals surface area contributed by atoms with Crippen molar-refractivity contribution >= 4 is 52.0 Å². The summed E-state index contributed by atoms with van der Waals surface area (Å²) in [6, 6.07) is 15.5. The number of barbiturate groups is 1. The number of halogens is 1. The van der Waals surface area contributed by atoms with Gasteiger partial charge in [0.25, 0.3) is 11.8 Å². The van der Waals surface area contributed by atoms with Crippen LogP contribution in [0.25, 0.3) is 16.8 Å². The highest BCUT2D eigenvalue weighted by atomic mass is 35.5. The Morgan fingerprint density at radius 3 is 2.62 bits per heavy atom. The highest BCUT2D eigenvalue weighted by Gasteiger charge is 2.37. The topological polar surface area (TPSA) is 75.7 Å². The van der Waals surface area contributed by atoms with Gasteiger partial charge < -0.3 is 4.74 Å². The molecule has 1 fully saturated rings. The monoisotopic (exact) mass is 448 g/mol. The average molecular weight is 449 g/mol. The number of ether oxygens (including phenoxy) is 1. The van der Waals surface area contributed by atoms with Crippen molar-refractivity contribution in [1.29, 1.82) is 0 Å². The van der Waals surface area contributed by atoms with E-state index in [0.29, 0.717) is 34.2 Å². The Kier molecular flexibility index (Phi) is 5.97. The van der Waals surface area contributed by atoms with Crippen molar-refractivity contribution in [2.24, 2.45) is 0 Å². The largest absolute Gasteiger partial charge is 0.493 e. The number of hydrogen-bond donors (Lipinski definition) is 1. The predicted octanol–water partition coefficient (Wildman–Crippen LogP) is 5.26. The Morgan fingerprint density at radius 2 is 1.84 bits per heavy atom. The van der Waals surface area contributed by atoms with Crippen LogP contribution in [-0.2, 0) is 9.59 Å². The molecule has 0 aromatic heterocycles. The van der Waals surface area contributed by atoms with Crippen LogP contribution in [0.5, 0.6) is 5.75 Å². The molecule has 3 aromatic carbocycles. The summed E-state index contributed by atoms with van der Waals surface area (Å²) in [5.41, 5.74) is 1.43. The zero-order valence-corrected chi connectivity index (χ0v) is 18.4. The number of imide groups is 2. The van der Waals surface area contributed by atoms with Crippen molar-refractivity contribution in [3.63, 3.8) is 0 Å². The van der Waals surface area contributed by atoms with E-state index in [0.717, 1.165) is 22.1 Å². The molecule has 0 spiro atoms. The lowest BCUT2D eigenvalue weighted by Gasteiger charge is -2.27. The van der Waals surface area contributed by atoms with Crippen LogP contribution in [0.4, 0.5) is 10.5 Å². The van der Waals surface area contributed by atoms with Crippen molar-refractivity contribution in [2.45, 2.75) is 20.3 Å². The van der Waals surface area contributed by atoms with Crippen LogP contribution in [0, 0.1) is 6.92 Å².